The number of benzene rings is 2. The van der Waals surface area contributed by atoms with Crippen molar-refractivity contribution in [3.63, 3.8) is 0 Å². The van der Waals surface area contributed by atoms with E-state index in [-0.39, 0.29) is 22.8 Å². The quantitative estimate of drug-likeness (QED) is 0.461. The van der Waals surface area contributed by atoms with Gasteiger partial charge in [0.25, 0.3) is 0 Å². The van der Waals surface area contributed by atoms with Crippen molar-refractivity contribution >= 4 is 37.7 Å². The molecule has 2 nitrogen and oxygen atoms in total. The number of fused-ring (bicyclic) bond motifs is 3. The Morgan fingerprint density at radius 2 is 1.87 bits per heavy atom. The van der Waals surface area contributed by atoms with Crippen LogP contribution in [-0.2, 0) is 6.54 Å². The molecule has 0 aliphatic heterocycles. The van der Waals surface area contributed by atoms with Crippen molar-refractivity contribution in [2.45, 2.75) is 6.54 Å². The van der Waals surface area contributed by atoms with Crippen LogP contribution < -0.4 is 21.5 Å². The Labute approximate surface area is 151 Å². The summed E-state index contributed by atoms with van der Waals surface area (Å²) in [6, 6.07) is 15.0. The van der Waals surface area contributed by atoms with E-state index < -0.39 is 0 Å². The topological polar surface area (TPSA) is 19.7 Å². The lowest BCUT2D eigenvalue weighted by atomic mass is 10.2. The first-order valence-electron chi connectivity index (χ1n) is 7.03. The first kappa shape index (κ1) is 16.1. The second-order valence-electron chi connectivity index (χ2n) is 5.39. The van der Waals surface area contributed by atoms with E-state index in [9.17, 15) is 4.39 Å². The number of hydrogen-bond acceptors (Lipinski definition) is 0. The Balaban J connectivity index is 0.00000156. The average molecular weight is 436 g/mol. The van der Waals surface area contributed by atoms with Gasteiger partial charge in [0, 0.05) is 32.4 Å². The number of nitrogens with one attached hydrogen (secondary N) is 1. The minimum absolute atomic E-state index is 0. The van der Waals surface area contributed by atoms with Gasteiger partial charge in [0.05, 0.1) is 0 Å². The molecule has 2 heterocycles. The summed E-state index contributed by atoms with van der Waals surface area (Å²) in [6.45, 7) is 0.646. The maximum atomic E-state index is 13.3. The Morgan fingerprint density at radius 1 is 1.00 bits per heavy atom. The molecule has 0 aliphatic rings. The van der Waals surface area contributed by atoms with Crippen LogP contribution in [0.2, 0.25) is 0 Å². The van der Waals surface area contributed by atoms with Gasteiger partial charge in [0.2, 0.25) is 0 Å². The Bertz CT molecular complexity index is 995. The molecule has 5 heteroatoms. The van der Waals surface area contributed by atoms with E-state index >= 15 is 0 Å². The SMILES string of the molecule is Fc1cccc(C[n+]2ccc3c(c2)[nH]c2ccc(Br)cc23)c1.[Br-]. The molecule has 2 aromatic carbocycles. The Hall–Kier alpha value is -1.72. The van der Waals surface area contributed by atoms with Crippen LogP contribution in [-0.4, -0.2) is 4.98 Å². The zero-order chi connectivity index (χ0) is 15.1. The van der Waals surface area contributed by atoms with E-state index in [0.717, 1.165) is 21.1 Å². The van der Waals surface area contributed by atoms with Crippen LogP contribution in [0.5, 0.6) is 0 Å². The second-order valence-corrected chi connectivity index (χ2v) is 6.31. The zero-order valence-electron chi connectivity index (χ0n) is 12.1. The van der Waals surface area contributed by atoms with E-state index in [0.29, 0.717) is 6.54 Å². The van der Waals surface area contributed by atoms with Crippen LogP contribution in [0.4, 0.5) is 4.39 Å². The molecule has 0 saturated carbocycles. The summed E-state index contributed by atoms with van der Waals surface area (Å²) in [5, 5.41) is 2.38. The summed E-state index contributed by atoms with van der Waals surface area (Å²) in [6.07, 6.45) is 4.09. The molecule has 4 aromatic rings. The lowest BCUT2D eigenvalue weighted by Crippen LogP contribution is -3.00. The summed E-state index contributed by atoms with van der Waals surface area (Å²) in [5.74, 6) is -0.199. The summed E-state index contributed by atoms with van der Waals surface area (Å²) < 4.78 is 16.4. The number of nitrogens with zero attached hydrogens (tertiary/aromatic N) is 1. The predicted octanol–water partition coefficient (Wildman–Crippen LogP) is 1.56. The lowest BCUT2D eigenvalue weighted by molar-refractivity contribution is -0.687. The molecular formula is C18H13Br2FN2. The Kier molecular flexibility index (Phi) is 4.50. The molecule has 4 rings (SSSR count). The first-order valence-corrected chi connectivity index (χ1v) is 7.83. The zero-order valence-corrected chi connectivity index (χ0v) is 15.2. The minimum atomic E-state index is -0.199. The molecule has 0 aliphatic carbocycles. The van der Waals surface area contributed by atoms with Gasteiger partial charge in [-0.1, -0.05) is 28.1 Å². The van der Waals surface area contributed by atoms with E-state index in [2.05, 4.69) is 49.9 Å². The number of pyridine rings is 1. The van der Waals surface area contributed by atoms with Crippen molar-refractivity contribution in [1.82, 2.24) is 4.98 Å². The molecule has 0 atom stereocenters. The van der Waals surface area contributed by atoms with E-state index in [4.69, 9.17) is 0 Å². The van der Waals surface area contributed by atoms with Crippen LogP contribution in [0.3, 0.4) is 0 Å². The van der Waals surface area contributed by atoms with Crippen molar-refractivity contribution in [3.8, 4) is 0 Å². The number of rotatable bonds is 2. The fraction of sp³-hybridized carbons (Fsp3) is 0.0556. The number of aromatic amines is 1. The van der Waals surface area contributed by atoms with Gasteiger partial charge in [-0.05, 0) is 30.3 Å². The summed E-state index contributed by atoms with van der Waals surface area (Å²) in [4.78, 5) is 3.43. The van der Waals surface area contributed by atoms with Crippen LogP contribution in [0.15, 0.2) is 65.4 Å². The number of halogens is 3. The van der Waals surface area contributed by atoms with Gasteiger partial charge in [-0.15, -0.1) is 0 Å². The molecule has 0 fully saturated rings. The molecule has 2 aromatic heterocycles. The van der Waals surface area contributed by atoms with Crippen molar-refractivity contribution < 1.29 is 25.9 Å². The first-order chi connectivity index (χ1) is 10.7. The van der Waals surface area contributed by atoms with Crippen molar-refractivity contribution in [2.75, 3.05) is 0 Å². The molecule has 116 valence electrons. The number of aromatic nitrogens is 2. The highest BCUT2D eigenvalue weighted by Crippen LogP contribution is 2.26. The average Bonchev–Trinajstić information content (AvgIpc) is 2.84. The molecular weight excluding hydrogens is 423 g/mol. The highest BCUT2D eigenvalue weighted by atomic mass is 79.9. The van der Waals surface area contributed by atoms with Gasteiger partial charge in [0.1, 0.15) is 11.3 Å². The highest BCUT2D eigenvalue weighted by molar-refractivity contribution is 9.10. The van der Waals surface area contributed by atoms with E-state index in [1.807, 2.05) is 18.3 Å². The van der Waals surface area contributed by atoms with Crippen molar-refractivity contribution in [2.24, 2.45) is 0 Å². The summed E-state index contributed by atoms with van der Waals surface area (Å²) >= 11 is 3.51. The normalized spacial score (nSPS) is 10.9. The fourth-order valence-electron chi connectivity index (χ4n) is 2.81. The molecule has 0 radical (unpaired) electrons. The standard InChI is InChI=1S/C18H12BrFN2.BrH/c19-13-4-5-17-16(9-13)15-6-7-22(11-18(15)21-17)10-12-2-1-3-14(20)8-12;/h1-9,11H,10H2;1H. The third kappa shape index (κ3) is 3.16. The largest absolute Gasteiger partial charge is 1.00 e. The molecule has 0 amide bonds. The summed E-state index contributed by atoms with van der Waals surface area (Å²) in [7, 11) is 0. The number of hydrogen-bond donors (Lipinski definition) is 1. The molecule has 0 unspecified atom stereocenters. The maximum Gasteiger partial charge on any atom is 0.193 e. The van der Waals surface area contributed by atoms with Crippen LogP contribution >= 0.6 is 15.9 Å². The fourth-order valence-corrected chi connectivity index (χ4v) is 3.17. The number of H-pyrrole nitrogens is 1. The van der Waals surface area contributed by atoms with E-state index in [1.54, 1.807) is 12.1 Å². The Morgan fingerprint density at radius 3 is 2.70 bits per heavy atom. The molecule has 23 heavy (non-hydrogen) atoms. The second kappa shape index (κ2) is 6.42. The molecule has 0 bridgehead atoms. The van der Waals surface area contributed by atoms with E-state index in [1.165, 1.54) is 16.8 Å². The van der Waals surface area contributed by atoms with Gasteiger partial charge in [0.15, 0.2) is 18.9 Å². The minimum Gasteiger partial charge on any atom is -1.00 e. The van der Waals surface area contributed by atoms with Gasteiger partial charge in [-0.25, -0.2) is 4.39 Å². The van der Waals surface area contributed by atoms with Gasteiger partial charge in [-0.2, -0.15) is 4.57 Å². The maximum absolute atomic E-state index is 13.3. The smallest absolute Gasteiger partial charge is 0.193 e. The van der Waals surface area contributed by atoms with Crippen molar-refractivity contribution in [3.05, 3.63) is 76.8 Å². The molecule has 0 saturated heterocycles. The van der Waals surface area contributed by atoms with Gasteiger partial charge >= 0.3 is 0 Å². The lowest BCUT2D eigenvalue weighted by Gasteiger charge is -1.98. The van der Waals surface area contributed by atoms with Gasteiger partial charge < -0.3 is 22.0 Å². The van der Waals surface area contributed by atoms with Gasteiger partial charge in [-0.3, -0.25) is 0 Å². The third-order valence-corrected chi connectivity index (χ3v) is 4.31. The van der Waals surface area contributed by atoms with Crippen LogP contribution in [0.1, 0.15) is 5.56 Å². The summed E-state index contributed by atoms with van der Waals surface area (Å²) in [5.41, 5.74) is 3.14. The highest BCUT2D eigenvalue weighted by Gasteiger charge is 2.10. The monoisotopic (exact) mass is 434 g/mol. The van der Waals surface area contributed by atoms with Crippen LogP contribution in [0, 0.1) is 5.82 Å². The van der Waals surface area contributed by atoms with Crippen LogP contribution in [0.25, 0.3) is 21.8 Å². The predicted molar refractivity (Wildman–Crippen MR) is 89.2 cm³/mol. The molecule has 1 N–H and O–H groups in total. The molecule has 0 spiro atoms. The third-order valence-electron chi connectivity index (χ3n) is 3.81. The van der Waals surface area contributed by atoms with Crippen molar-refractivity contribution in [1.29, 1.82) is 0 Å².